The van der Waals surface area contributed by atoms with Crippen molar-refractivity contribution in [2.75, 3.05) is 19.6 Å². The minimum atomic E-state index is -4.62. The van der Waals surface area contributed by atoms with Crippen LogP contribution in [0.25, 0.3) is 0 Å². The first-order valence-electron chi connectivity index (χ1n) is 6.48. The summed E-state index contributed by atoms with van der Waals surface area (Å²) in [5, 5.41) is 11.0. The molecule has 0 saturated heterocycles. The van der Waals surface area contributed by atoms with Crippen LogP contribution in [-0.4, -0.2) is 47.8 Å². The highest BCUT2D eigenvalue weighted by atomic mass is 19.4. The van der Waals surface area contributed by atoms with Crippen molar-refractivity contribution >= 4 is 12.0 Å². The summed E-state index contributed by atoms with van der Waals surface area (Å²) in [4.78, 5) is 22.4. The van der Waals surface area contributed by atoms with Crippen LogP contribution in [0.3, 0.4) is 0 Å². The summed E-state index contributed by atoms with van der Waals surface area (Å²) in [5.74, 6) is -0.660. The van der Waals surface area contributed by atoms with Crippen LogP contribution in [0.4, 0.5) is 18.0 Å². The van der Waals surface area contributed by atoms with Gasteiger partial charge in [-0.05, 0) is 24.7 Å². The summed E-state index contributed by atoms with van der Waals surface area (Å²) < 4.78 is 36.9. The van der Waals surface area contributed by atoms with E-state index in [-0.39, 0.29) is 17.4 Å². The number of urea groups is 1. The normalized spacial score (nSPS) is 22.6. The summed E-state index contributed by atoms with van der Waals surface area (Å²) in [6.45, 7) is -0.155. The number of rotatable bonds is 5. The molecule has 0 bridgehead atoms. The SMILES string of the molecule is CC1CCC(CNC(=O)N(CC(=O)O)CC(F)(F)F)C1. The number of aliphatic carboxylic acids is 1. The molecule has 2 amide bonds. The predicted octanol–water partition coefficient (Wildman–Crippen LogP) is 2.08. The number of carboxylic acid groups (broad SMARTS) is 1. The Balaban J connectivity index is 2.47. The van der Waals surface area contributed by atoms with E-state index in [4.69, 9.17) is 5.11 Å². The molecule has 0 radical (unpaired) electrons. The van der Waals surface area contributed by atoms with Gasteiger partial charge < -0.3 is 15.3 Å². The number of carbonyl (C=O) groups excluding carboxylic acids is 1. The number of halogens is 3. The number of amides is 2. The lowest BCUT2D eigenvalue weighted by Crippen LogP contribution is -2.48. The molecule has 2 unspecified atom stereocenters. The van der Waals surface area contributed by atoms with Gasteiger partial charge in [0.2, 0.25) is 0 Å². The molecule has 116 valence electrons. The Morgan fingerprint density at radius 3 is 2.45 bits per heavy atom. The quantitative estimate of drug-likeness (QED) is 0.816. The maximum absolute atomic E-state index is 12.3. The molecule has 0 aromatic rings. The van der Waals surface area contributed by atoms with Crippen molar-refractivity contribution in [2.45, 2.75) is 32.4 Å². The van der Waals surface area contributed by atoms with Crippen LogP contribution in [0.2, 0.25) is 0 Å². The molecule has 2 N–H and O–H groups in total. The van der Waals surface area contributed by atoms with E-state index in [0.29, 0.717) is 5.92 Å². The Kier molecular flexibility index (Phi) is 5.64. The third kappa shape index (κ3) is 6.12. The maximum atomic E-state index is 12.3. The van der Waals surface area contributed by atoms with E-state index in [1.165, 1.54) is 0 Å². The molecule has 1 aliphatic carbocycles. The minimum Gasteiger partial charge on any atom is -0.480 e. The van der Waals surface area contributed by atoms with Crippen molar-refractivity contribution in [3.05, 3.63) is 0 Å². The first-order chi connectivity index (χ1) is 9.17. The number of carbonyl (C=O) groups is 2. The van der Waals surface area contributed by atoms with Gasteiger partial charge >= 0.3 is 18.2 Å². The lowest BCUT2D eigenvalue weighted by atomic mass is 10.1. The second kappa shape index (κ2) is 6.81. The van der Waals surface area contributed by atoms with Gasteiger partial charge in [-0.3, -0.25) is 4.79 Å². The van der Waals surface area contributed by atoms with Gasteiger partial charge in [0.1, 0.15) is 13.1 Å². The molecule has 0 aliphatic heterocycles. The van der Waals surface area contributed by atoms with E-state index in [0.717, 1.165) is 19.3 Å². The van der Waals surface area contributed by atoms with E-state index < -0.39 is 31.3 Å². The van der Waals surface area contributed by atoms with Gasteiger partial charge in [0.05, 0.1) is 0 Å². The number of nitrogens with one attached hydrogen (secondary N) is 1. The van der Waals surface area contributed by atoms with Gasteiger partial charge in [-0.25, -0.2) is 4.79 Å². The Labute approximate surface area is 115 Å². The van der Waals surface area contributed by atoms with Crippen molar-refractivity contribution in [2.24, 2.45) is 11.8 Å². The first-order valence-corrected chi connectivity index (χ1v) is 6.48. The zero-order valence-corrected chi connectivity index (χ0v) is 11.2. The fourth-order valence-electron chi connectivity index (χ4n) is 2.43. The van der Waals surface area contributed by atoms with Gasteiger partial charge in [0.25, 0.3) is 0 Å². The Morgan fingerprint density at radius 2 is 2.00 bits per heavy atom. The van der Waals surface area contributed by atoms with E-state index in [1.54, 1.807) is 0 Å². The average molecular weight is 296 g/mol. The number of nitrogens with zero attached hydrogens (tertiary/aromatic N) is 1. The monoisotopic (exact) mass is 296 g/mol. The number of hydrogen-bond acceptors (Lipinski definition) is 2. The topological polar surface area (TPSA) is 69.6 Å². The van der Waals surface area contributed by atoms with Crippen LogP contribution < -0.4 is 5.32 Å². The third-order valence-electron chi connectivity index (χ3n) is 3.33. The zero-order chi connectivity index (χ0) is 15.3. The highest BCUT2D eigenvalue weighted by molar-refractivity contribution is 5.80. The zero-order valence-electron chi connectivity index (χ0n) is 11.2. The van der Waals surface area contributed by atoms with Crippen LogP contribution in [0.1, 0.15) is 26.2 Å². The van der Waals surface area contributed by atoms with Gasteiger partial charge in [-0.2, -0.15) is 13.2 Å². The van der Waals surface area contributed by atoms with E-state index in [1.807, 2.05) is 0 Å². The molecule has 1 rings (SSSR count). The molecule has 5 nitrogen and oxygen atoms in total. The van der Waals surface area contributed by atoms with E-state index in [2.05, 4.69) is 12.2 Å². The van der Waals surface area contributed by atoms with E-state index >= 15 is 0 Å². The van der Waals surface area contributed by atoms with Crippen molar-refractivity contribution < 1.29 is 27.9 Å². The third-order valence-corrected chi connectivity index (χ3v) is 3.33. The van der Waals surface area contributed by atoms with Gasteiger partial charge in [0, 0.05) is 6.54 Å². The van der Waals surface area contributed by atoms with E-state index in [9.17, 15) is 22.8 Å². The number of hydrogen-bond donors (Lipinski definition) is 2. The molecule has 1 aliphatic rings. The summed E-state index contributed by atoms with van der Waals surface area (Å²) in [6, 6.07) is -0.982. The second-order valence-electron chi connectivity index (χ2n) is 5.34. The Hall–Kier alpha value is -1.47. The van der Waals surface area contributed by atoms with Crippen LogP contribution >= 0.6 is 0 Å². The van der Waals surface area contributed by atoms with Crippen LogP contribution in [0, 0.1) is 11.8 Å². The average Bonchev–Trinajstić information content (AvgIpc) is 2.68. The lowest BCUT2D eigenvalue weighted by Gasteiger charge is -2.23. The molecule has 8 heteroatoms. The summed E-state index contributed by atoms with van der Waals surface area (Å²) in [5.41, 5.74) is 0. The summed E-state index contributed by atoms with van der Waals surface area (Å²) >= 11 is 0. The predicted molar refractivity (Wildman–Crippen MR) is 65.2 cm³/mol. The minimum absolute atomic E-state index is 0.256. The molecule has 2 atom stereocenters. The van der Waals surface area contributed by atoms with Gasteiger partial charge in [-0.15, -0.1) is 0 Å². The smallest absolute Gasteiger partial charge is 0.406 e. The summed E-state index contributed by atoms with van der Waals surface area (Å²) in [7, 11) is 0. The Morgan fingerprint density at radius 1 is 1.35 bits per heavy atom. The molecule has 1 saturated carbocycles. The number of carboxylic acids is 1. The highest BCUT2D eigenvalue weighted by Crippen LogP contribution is 2.29. The van der Waals surface area contributed by atoms with Crippen molar-refractivity contribution in [3.8, 4) is 0 Å². The first kappa shape index (κ1) is 16.6. The molecular formula is C12H19F3N2O3. The van der Waals surface area contributed by atoms with Crippen LogP contribution in [0.15, 0.2) is 0 Å². The summed E-state index contributed by atoms with van der Waals surface area (Å²) in [6.07, 6.45) is -1.71. The lowest BCUT2D eigenvalue weighted by molar-refractivity contribution is -0.148. The van der Waals surface area contributed by atoms with Crippen molar-refractivity contribution in [1.29, 1.82) is 0 Å². The molecular weight excluding hydrogens is 277 g/mol. The molecule has 0 aromatic carbocycles. The van der Waals surface area contributed by atoms with Gasteiger partial charge in [-0.1, -0.05) is 13.3 Å². The Bertz CT molecular complexity index is 360. The van der Waals surface area contributed by atoms with Gasteiger partial charge in [0.15, 0.2) is 0 Å². The van der Waals surface area contributed by atoms with Crippen LogP contribution in [-0.2, 0) is 4.79 Å². The molecule has 0 heterocycles. The molecule has 0 spiro atoms. The molecule has 20 heavy (non-hydrogen) atoms. The number of alkyl halides is 3. The van der Waals surface area contributed by atoms with Crippen molar-refractivity contribution in [3.63, 3.8) is 0 Å². The van der Waals surface area contributed by atoms with Crippen LogP contribution in [0.5, 0.6) is 0 Å². The van der Waals surface area contributed by atoms with Crippen molar-refractivity contribution in [1.82, 2.24) is 10.2 Å². The molecule has 0 aromatic heterocycles. The fraction of sp³-hybridized carbons (Fsp3) is 0.833. The molecule has 1 fully saturated rings. The maximum Gasteiger partial charge on any atom is 0.406 e. The highest BCUT2D eigenvalue weighted by Gasteiger charge is 2.34. The standard InChI is InChI=1S/C12H19F3N2O3/c1-8-2-3-9(4-8)5-16-11(20)17(6-10(18)19)7-12(13,14)15/h8-9H,2-7H2,1H3,(H,16,20)(H,18,19). The largest absolute Gasteiger partial charge is 0.480 e. The second-order valence-corrected chi connectivity index (χ2v) is 5.34. The fourth-order valence-corrected chi connectivity index (χ4v) is 2.43.